The van der Waals surface area contributed by atoms with E-state index in [1.165, 1.54) is 0 Å². The first-order valence-corrected chi connectivity index (χ1v) is 13.1. The molecule has 2 aromatic rings. The van der Waals surface area contributed by atoms with Crippen molar-refractivity contribution in [3.63, 3.8) is 0 Å². The Morgan fingerprint density at radius 1 is 1.24 bits per heavy atom. The van der Waals surface area contributed by atoms with Gasteiger partial charge in [-0.1, -0.05) is 29.6 Å². The Kier molecular flexibility index (Phi) is 6.92. The number of nitrogens with one attached hydrogen (secondary N) is 2. The standard InChI is InChI=1S/C22H26Cl2N4O4S/c23-13-7-15-17(8-14(13)24)28(11-25-15)19-6-5-12(32-19)9-31-20(29)4-2-1-3-18-21-16(10-33-18)26-22(30)27-21/h7-8,11-12,16,18-19,21H,1-6,9-10H2,(H2,26,27,30)/t12-,16-,18-,19+,21-/m0/s1. The van der Waals surface area contributed by atoms with Gasteiger partial charge in [0.15, 0.2) is 0 Å². The highest BCUT2D eigenvalue weighted by molar-refractivity contribution is 8.00. The summed E-state index contributed by atoms with van der Waals surface area (Å²) >= 11 is 14.1. The van der Waals surface area contributed by atoms with E-state index >= 15 is 0 Å². The second kappa shape index (κ2) is 9.90. The van der Waals surface area contributed by atoms with Crippen LogP contribution in [0.5, 0.6) is 0 Å². The van der Waals surface area contributed by atoms with E-state index in [1.807, 2.05) is 16.3 Å². The van der Waals surface area contributed by atoms with Crippen LogP contribution in [0.2, 0.25) is 10.0 Å². The third-order valence-corrected chi connectivity index (χ3v) is 8.73. The topological polar surface area (TPSA) is 94.5 Å². The van der Waals surface area contributed by atoms with Crippen LogP contribution in [0.4, 0.5) is 4.79 Å². The second-order valence-electron chi connectivity index (χ2n) is 8.75. The molecule has 0 unspecified atom stereocenters. The van der Waals surface area contributed by atoms with Crippen molar-refractivity contribution in [2.45, 2.75) is 68.2 Å². The van der Waals surface area contributed by atoms with Crippen LogP contribution in [0.3, 0.4) is 0 Å². The SMILES string of the molecule is O=C1N[C@H]2[C@H](CS[C@H]2CCCCC(=O)OC[C@@H]2CC[C@H](n3cnc4cc(Cl)c(Cl)cc43)O2)N1. The number of benzene rings is 1. The predicted molar refractivity (Wildman–Crippen MR) is 128 cm³/mol. The fourth-order valence-electron chi connectivity index (χ4n) is 4.78. The van der Waals surface area contributed by atoms with Crippen molar-refractivity contribution in [2.75, 3.05) is 12.4 Å². The minimum atomic E-state index is -0.190. The fraction of sp³-hybridized carbons (Fsp3) is 0.591. The minimum absolute atomic E-state index is 0.0651. The number of esters is 1. The van der Waals surface area contributed by atoms with Crippen molar-refractivity contribution in [1.82, 2.24) is 20.2 Å². The number of unbranched alkanes of at least 4 members (excludes halogenated alkanes) is 1. The van der Waals surface area contributed by atoms with E-state index in [0.29, 0.717) is 21.7 Å². The van der Waals surface area contributed by atoms with Crippen LogP contribution in [-0.4, -0.2) is 57.3 Å². The number of halogens is 2. The number of nitrogens with zero attached hydrogens (tertiary/aromatic N) is 2. The van der Waals surface area contributed by atoms with E-state index in [2.05, 4.69) is 15.6 Å². The fourth-order valence-corrected chi connectivity index (χ4v) is 6.64. The van der Waals surface area contributed by atoms with Crippen LogP contribution in [0.25, 0.3) is 11.0 Å². The lowest BCUT2D eigenvalue weighted by Crippen LogP contribution is -2.36. The summed E-state index contributed by atoms with van der Waals surface area (Å²) in [5, 5.41) is 7.32. The van der Waals surface area contributed by atoms with Crippen LogP contribution in [0.1, 0.15) is 44.8 Å². The summed E-state index contributed by atoms with van der Waals surface area (Å²) in [7, 11) is 0. The summed E-state index contributed by atoms with van der Waals surface area (Å²) in [5.74, 6) is 0.762. The molecule has 3 saturated heterocycles. The Hall–Kier alpha value is -1.68. The normalized spacial score (nSPS) is 28.7. The summed E-state index contributed by atoms with van der Waals surface area (Å²) in [6.07, 6.45) is 6.15. The molecule has 2 N–H and O–H groups in total. The molecule has 33 heavy (non-hydrogen) atoms. The number of urea groups is 1. The van der Waals surface area contributed by atoms with E-state index < -0.39 is 0 Å². The number of amides is 2. The molecule has 0 radical (unpaired) electrons. The highest BCUT2D eigenvalue weighted by atomic mass is 35.5. The van der Waals surface area contributed by atoms with Gasteiger partial charge in [0.25, 0.3) is 0 Å². The zero-order valence-corrected chi connectivity index (χ0v) is 20.3. The van der Waals surface area contributed by atoms with Gasteiger partial charge in [0.2, 0.25) is 0 Å². The molecule has 3 aliphatic heterocycles. The third-order valence-electron chi connectivity index (χ3n) is 6.50. The van der Waals surface area contributed by atoms with E-state index in [4.69, 9.17) is 32.7 Å². The molecule has 8 nitrogen and oxygen atoms in total. The molecule has 3 aliphatic rings. The van der Waals surface area contributed by atoms with Crippen LogP contribution >= 0.6 is 35.0 Å². The molecule has 5 rings (SSSR count). The first kappa shape index (κ1) is 23.1. The van der Waals surface area contributed by atoms with Crippen LogP contribution in [0, 0.1) is 0 Å². The maximum atomic E-state index is 12.2. The molecule has 4 heterocycles. The van der Waals surface area contributed by atoms with Gasteiger partial charge in [0, 0.05) is 17.4 Å². The number of ether oxygens (including phenoxy) is 2. The van der Waals surface area contributed by atoms with Gasteiger partial charge >= 0.3 is 12.0 Å². The average Bonchev–Trinajstić information content (AvgIpc) is 3.55. The van der Waals surface area contributed by atoms with Crippen molar-refractivity contribution in [3.8, 4) is 0 Å². The van der Waals surface area contributed by atoms with Crippen LogP contribution in [-0.2, 0) is 14.3 Å². The maximum Gasteiger partial charge on any atom is 0.315 e. The summed E-state index contributed by atoms with van der Waals surface area (Å²) in [6.45, 7) is 0.258. The van der Waals surface area contributed by atoms with Gasteiger partial charge < -0.3 is 24.7 Å². The van der Waals surface area contributed by atoms with Gasteiger partial charge in [-0.3, -0.25) is 4.79 Å². The molecule has 0 bridgehead atoms. The molecule has 178 valence electrons. The summed E-state index contributed by atoms with van der Waals surface area (Å²) in [6, 6.07) is 3.92. The van der Waals surface area contributed by atoms with Crippen LogP contribution in [0.15, 0.2) is 18.5 Å². The Morgan fingerprint density at radius 2 is 2.09 bits per heavy atom. The van der Waals surface area contributed by atoms with Crippen molar-refractivity contribution in [3.05, 3.63) is 28.5 Å². The Bertz CT molecular complexity index is 1050. The number of aromatic nitrogens is 2. The second-order valence-corrected chi connectivity index (χ2v) is 10.8. The molecule has 0 aliphatic carbocycles. The molecule has 5 atom stereocenters. The number of thioether (sulfide) groups is 1. The number of hydrogen-bond donors (Lipinski definition) is 2. The highest BCUT2D eigenvalue weighted by Crippen LogP contribution is 2.35. The quantitative estimate of drug-likeness (QED) is 0.311. The smallest absolute Gasteiger partial charge is 0.315 e. The highest BCUT2D eigenvalue weighted by Gasteiger charge is 2.42. The number of hydrogen-bond acceptors (Lipinski definition) is 6. The molecule has 1 aromatic carbocycles. The average molecular weight is 513 g/mol. The van der Waals surface area contributed by atoms with Crippen molar-refractivity contribution >= 4 is 58.0 Å². The van der Waals surface area contributed by atoms with Crippen molar-refractivity contribution in [1.29, 1.82) is 0 Å². The monoisotopic (exact) mass is 512 g/mol. The summed E-state index contributed by atoms with van der Waals surface area (Å²) in [5.41, 5.74) is 1.63. The molecule has 11 heteroatoms. The number of fused-ring (bicyclic) bond motifs is 2. The molecule has 0 spiro atoms. The number of imidazole rings is 1. The van der Waals surface area contributed by atoms with E-state index in [9.17, 15) is 9.59 Å². The van der Waals surface area contributed by atoms with Gasteiger partial charge in [-0.25, -0.2) is 9.78 Å². The van der Waals surface area contributed by atoms with Gasteiger partial charge in [-0.15, -0.1) is 0 Å². The maximum absolute atomic E-state index is 12.2. The molecule has 0 saturated carbocycles. The first-order chi connectivity index (χ1) is 16.0. The Labute approximate surface area is 206 Å². The van der Waals surface area contributed by atoms with E-state index in [0.717, 1.165) is 48.9 Å². The molecular weight excluding hydrogens is 487 g/mol. The Morgan fingerprint density at radius 3 is 2.97 bits per heavy atom. The lowest BCUT2D eigenvalue weighted by molar-refractivity contribution is -0.148. The molecular formula is C22H26Cl2N4O4S. The number of rotatable bonds is 8. The number of carbonyl (C=O) groups excluding carboxylic acids is 2. The van der Waals surface area contributed by atoms with Gasteiger partial charge in [-0.2, -0.15) is 11.8 Å². The lowest BCUT2D eigenvalue weighted by Gasteiger charge is -2.17. The number of carbonyl (C=O) groups is 2. The zero-order chi connectivity index (χ0) is 22.9. The van der Waals surface area contributed by atoms with E-state index in [-0.39, 0.29) is 43.0 Å². The largest absolute Gasteiger partial charge is 0.463 e. The lowest BCUT2D eigenvalue weighted by atomic mass is 10.0. The summed E-state index contributed by atoms with van der Waals surface area (Å²) < 4.78 is 13.5. The first-order valence-electron chi connectivity index (χ1n) is 11.3. The zero-order valence-electron chi connectivity index (χ0n) is 18.0. The van der Waals surface area contributed by atoms with E-state index in [1.54, 1.807) is 18.5 Å². The van der Waals surface area contributed by atoms with Crippen LogP contribution < -0.4 is 10.6 Å². The van der Waals surface area contributed by atoms with Gasteiger partial charge in [0.1, 0.15) is 12.8 Å². The molecule has 3 fully saturated rings. The third kappa shape index (κ3) is 5.06. The van der Waals surface area contributed by atoms with Crippen molar-refractivity contribution in [2.24, 2.45) is 0 Å². The van der Waals surface area contributed by atoms with Crippen molar-refractivity contribution < 1.29 is 19.1 Å². The predicted octanol–water partition coefficient (Wildman–Crippen LogP) is 4.29. The molecule has 1 aromatic heterocycles. The Balaban J connectivity index is 1.02. The molecule has 2 amide bonds. The van der Waals surface area contributed by atoms with Gasteiger partial charge in [0.05, 0.1) is 45.6 Å². The van der Waals surface area contributed by atoms with Gasteiger partial charge in [-0.05, 0) is 37.8 Å². The minimum Gasteiger partial charge on any atom is -0.463 e. The summed E-state index contributed by atoms with van der Waals surface area (Å²) in [4.78, 5) is 28.0.